The summed E-state index contributed by atoms with van der Waals surface area (Å²) in [5.41, 5.74) is 1.85. The first kappa shape index (κ1) is 27.7. The number of ether oxygens (including phenoxy) is 3. The first-order chi connectivity index (χ1) is 18.9. The van der Waals surface area contributed by atoms with E-state index in [2.05, 4.69) is 5.32 Å². The van der Waals surface area contributed by atoms with Crippen molar-refractivity contribution >= 4 is 35.5 Å². The summed E-state index contributed by atoms with van der Waals surface area (Å²) in [5, 5.41) is 2.86. The zero-order chi connectivity index (χ0) is 27.8. The fourth-order valence-electron chi connectivity index (χ4n) is 3.95. The summed E-state index contributed by atoms with van der Waals surface area (Å²) in [6.07, 6.45) is 2.27. The molecule has 1 aliphatic heterocycles. The van der Waals surface area contributed by atoms with Crippen LogP contribution < -0.4 is 19.5 Å². The zero-order valence-electron chi connectivity index (χ0n) is 21.7. The maximum Gasteiger partial charge on any atom is 0.331 e. The van der Waals surface area contributed by atoms with E-state index >= 15 is 0 Å². The van der Waals surface area contributed by atoms with Gasteiger partial charge in [-0.2, -0.15) is 0 Å². The highest BCUT2D eigenvalue weighted by molar-refractivity contribution is 6.31. The molecule has 3 aromatic rings. The molecule has 1 N–H and O–H groups in total. The second-order valence-corrected chi connectivity index (χ2v) is 9.16. The summed E-state index contributed by atoms with van der Waals surface area (Å²) >= 11 is 6.06. The minimum atomic E-state index is -0.795. The van der Waals surface area contributed by atoms with Gasteiger partial charge in [0.15, 0.2) is 11.5 Å². The molecular weight excluding hydrogens is 520 g/mol. The number of hydrogen-bond acceptors (Lipinski definition) is 6. The molecule has 1 fully saturated rings. The quantitative estimate of drug-likeness (QED) is 0.241. The molecule has 0 aromatic heterocycles. The molecule has 1 saturated heterocycles. The van der Waals surface area contributed by atoms with Gasteiger partial charge in [0.2, 0.25) is 0 Å². The van der Waals surface area contributed by atoms with Gasteiger partial charge in [-0.25, -0.2) is 4.79 Å². The monoisotopic (exact) mass is 548 g/mol. The third kappa shape index (κ3) is 6.97. The van der Waals surface area contributed by atoms with Crippen molar-refractivity contribution in [3.8, 4) is 17.2 Å². The molecule has 1 heterocycles. The number of amides is 4. The fourth-order valence-corrected chi connectivity index (χ4v) is 4.16. The Morgan fingerprint density at radius 3 is 2.44 bits per heavy atom. The Morgan fingerprint density at radius 2 is 1.67 bits per heavy atom. The minimum Gasteiger partial charge on any atom is -0.490 e. The molecule has 0 bridgehead atoms. The Balaban J connectivity index is 1.56. The standard InChI is InChI=1S/C30H29ClN2O6/c1-3-14-38-26-13-12-20(16-27(26)37-4-2)18-33-29(35)24(28(34)32-30(33)36)17-22-9-5-6-11-25(22)39-19-21-8-7-10-23(31)15-21/h5-13,15-17H,3-4,14,18-19H2,1-2H3,(H,32,34,36)/b24-17+. The number of barbiturate groups is 1. The molecule has 9 heteroatoms. The number of urea groups is 1. The van der Waals surface area contributed by atoms with Crippen LogP contribution in [0.25, 0.3) is 6.08 Å². The molecule has 0 aliphatic carbocycles. The van der Waals surface area contributed by atoms with Gasteiger partial charge in [-0.3, -0.25) is 19.8 Å². The Morgan fingerprint density at radius 1 is 0.846 bits per heavy atom. The van der Waals surface area contributed by atoms with Gasteiger partial charge in [0, 0.05) is 10.6 Å². The summed E-state index contributed by atoms with van der Waals surface area (Å²) in [7, 11) is 0. The molecule has 39 heavy (non-hydrogen) atoms. The van der Waals surface area contributed by atoms with Gasteiger partial charge in [-0.15, -0.1) is 0 Å². The number of nitrogens with zero attached hydrogens (tertiary/aromatic N) is 1. The van der Waals surface area contributed by atoms with Crippen LogP contribution >= 0.6 is 11.6 Å². The predicted molar refractivity (Wildman–Crippen MR) is 148 cm³/mol. The molecule has 202 valence electrons. The number of carbonyl (C=O) groups is 3. The number of para-hydroxylation sites is 1. The first-order valence-electron chi connectivity index (χ1n) is 12.6. The van der Waals surface area contributed by atoms with Crippen LogP contribution in [0.15, 0.2) is 72.3 Å². The van der Waals surface area contributed by atoms with Gasteiger partial charge >= 0.3 is 6.03 Å². The second-order valence-electron chi connectivity index (χ2n) is 8.73. The Labute approximate surface area is 232 Å². The van der Waals surface area contributed by atoms with E-state index in [9.17, 15) is 14.4 Å². The average Bonchev–Trinajstić information content (AvgIpc) is 2.92. The maximum absolute atomic E-state index is 13.4. The van der Waals surface area contributed by atoms with Crippen molar-refractivity contribution in [3.05, 3.63) is 94.0 Å². The van der Waals surface area contributed by atoms with Crippen LogP contribution in [0.2, 0.25) is 5.02 Å². The summed E-state index contributed by atoms with van der Waals surface area (Å²) in [6.45, 7) is 5.01. The molecule has 0 spiro atoms. The Bertz CT molecular complexity index is 1400. The van der Waals surface area contributed by atoms with Crippen molar-refractivity contribution in [2.75, 3.05) is 13.2 Å². The minimum absolute atomic E-state index is 0.0592. The normalized spacial score (nSPS) is 14.4. The van der Waals surface area contributed by atoms with Gasteiger partial charge in [-0.05, 0) is 60.9 Å². The third-order valence-electron chi connectivity index (χ3n) is 5.80. The van der Waals surface area contributed by atoms with Crippen LogP contribution in [0.3, 0.4) is 0 Å². The Hall–Kier alpha value is -4.30. The van der Waals surface area contributed by atoms with E-state index in [1.807, 2.05) is 26.0 Å². The molecule has 1 aliphatic rings. The van der Waals surface area contributed by atoms with Crippen LogP contribution in [0.4, 0.5) is 4.79 Å². The van der Waals surface area contributed by atoms with Crippen molar-refractivity contribution in [3.63, 3.8) is 0 Å². The van der Waals surface area contributed by atoms with E-state index in [1.165, 1.54) is 6.08 Å². The van der Waals surface area contributed by atoms with E-state index in [4.69, 9.17) is 25.8 Å². The summed E-state index contributed by atoms with van der Waals surface area (Å²) in [6, 6.07) is 18.7. The maximum atomic E-state index is 13.4. The first-order valence-corrected chi connectivity index (χ1v) is 13.0. The van der Waals surface area contributed by atoms with Gasteiger partial charge in [0.05, 0.1) is 19.8 Å². The van der Waals surface area contributed by atoms with Gasteiger partial charge in [0.25, 0.3) is 11.8 Å². The van der Waals surface area contributed by atoms with Crippen LogP contribution in [-0.2, 0) is 22.7 Å². The third-order valence-corrected chi connectivity index (χ3v) is 6.03. The van der Waals surface area contributed by atoms with E-state index in [0.717, 1.165) is 16.9 Å². The molecule has 0 radical (unpaired) electrons. The molecule has 0 unspecified atom stereocenters. The number of nitrogens with one attached hydrogen (secondary N) is 1. The molecule has 3 aromatic carbocycles. The molecule has 4 amide bonds. The van der Waals surface area contributed by atoms with Crippen LogP contribution in [-0.4, -0.2) is 36.0 Å². The van der Waals surface area contributed by atoms with Crippen molar-refractivity contribution in [1.82, 2.24) is 10.2 Å². The topological polar surface area (TPSA) is 94.2 Å². The van der Waals surface area contributed by atoms with Crippen molar-refractivity contribution < 1.29 is 28.6 Å². The lowest BCUT2D eigenvalue weighted by atomic mass is 10.1. The zero-order valence-corrected chi connectivity index (χ0v) is 22.5. The summed E-state index contributed by atoms with van der Waals surface area (Å²) < 4.78 is 17.4. The van der Waals surface area contributed by atoms with Crippen LogP contribution in [0, 0.1) is 0 Å². The van der Waals surface area contributed by atoms with E-state index in [-0.39, 0.29) is 18.7 Å². The van der Waals surface area contributed by atoms with Gasteiger partial charge in [-0.1, -0.05) is 54.9 Å². The highest BCUT2D eigenvalue weighted by atomic mass is 35.5. The van der Waals surface area contributed by atoms with E-state index in [1.54, 1.807) is 54.6 Å². The smallest absolute Gasteiger partial charge is 0.331 e. The predicted octanol–water partition coefficient (Wildman–Crippen LogP) is 5.77. The lowest BCUT2D eigenvalue weighted by molar-refractivity contribution is -0.130. The lowest BCUT2D eigenvalue weighted by Gasteiger charge is -2.27. The average molecular weight is 549 g/mol. The van der Waals surface area contributed by atoms with Crippen molar-refractivity contribution in [2.45, 2.75) is 33.4 Å². The largest absolute Gasteiger partial charge is 0.490 e. The van der Waals surface area contributed by atoms with E-state index in [0.29, 0.717) is 46.6 Å². The molecular formula is C30H29ClN2O6. The highest BCUT2D eigenvalue weighted by Crippen LogP contribution is 2.30. The molecule has 0 atom stereocenters. The fraction of sp³-hybridized carbons (Fsp3) is 0.233. The lowest BCUT2D eigenvalue weighted by Crippen LogP contribution is -2.53. The summed E-state index contributed by atoms with van der Waals surface area (Å²) in [5.74, 6) is 0.0906. The van der Waals surface area contributed by atoms with E-state index < -0.39 is 17.8 Å². The number of rotatable bonds is 11. The number of carbonyl (C=O) groups excluding carboxylic acids is 3. The molecule has 8 nitrogen and oxygen atoms in total. The second kappa shape index (κ2) is 13.0. The highest BCUT2D eigenvalue weighted by Gasteiger charge is 2.36. The van der Waals surface area contributed by atoms with Crippen LogP contribution in [0.5, 0.6) is 17.2 Å². The number of halogens is 1. The summed E-state index contributed by atoms with van der Waals surface area (Å²) in [4.78, 5) is 39.7. The number of benzene rings is 3. The van der Waals surface area contributed by atoms with Crippen molar-refractivity contribution in [1.29, 1.82) is 0 Å². The van der Waals surface area contributed by atoms with Gasteiger partial charge < -0.3 is 14.2 Å². The van der Waals surface area contributed by atoms with Crippen molar-refractivity contribution in [2.24, 2.45) is 0 Å². The number of imide groups is 2. The van der Waals surface area contributed by atoms with Gasteiger partial charge in [0.1, 0.15) is 17.9 Å². The SMILES string of the molecule is CCCOc1ccc(CN2C(=O)NC(=O)/C(=C\c3ccccc3OCc3cccc(Cl)c3)C2=O)cc1OCC. The molecule has 0 saturated carbocycles. The number of hydrogen-bond donors (Lipinski definition) is 1. The van der Waals surface area contributed by atoms with Crippen LogP contribution in [0.1, 0.15) is 37.0 Å². The Kier molecular flexibility index (Phi) is 9.22. The molecule has 4 rings (SSSR count).